The molecule has 0 amide bonds. The quantitative estimate of drug-likeness (QED) is 0.489. The molecule has 0 aromatic rings. The lowest BCUT2D eigenvalue weighted by Crippen LogP contribution is -2.50. The van der Waals surface area contributed by atoms with Gasteiger partial charge in [0.1, 0.15) is 0 Å². The fourth-order valence-electron chi connectivity index (χ4n) is 6.68. The average molecular weight is 332 g/mol. The molecule has 5 unspecified atom stereocenters. The topological polar surface area (TPSA) is 55.8 Å². The van der Waals surface area contributed by atoms with Crippen LogP contribution in [0.5, 0.6) is 0 Å². The lowest BCUT2D eigenvalue weighted by molar-refractivity contribution is -0.222. The van der Waals surface area contributed by atoms with E-state index in [4.69, 9.17) is 9.47 Å². The molecular formula is C20H28O4. The Morgan fingerprint density at radius 1 is 1.04 bits per heavy atom. The summed E-state index contributed by atoms with van der Waals surface area (Å²) in [6.45, 7) is 1.86. The highest BCUT2D eigenvalue weighted by atomic mass is 16.7. The summed E-state index contributed by atoms with van der Waals surface area (Å²) in [5, 5.41) is 10.1. The molecule has 5 fully saturated rings. The molecule has 4 heteroatoms. The molecule has 24 heavy (non-hydrogen) atoms. The third-order valence-electron chi connectivity index (χ3n) is 7.48. The largest absolute Gasteiger partial charge is 0.436 e. The third kappa shape index (κ3) is 2.37. The SMILES string of the molecule is CC(OC(=O)C1CC2C=CC1C2O)OC1C2CC3CC(C2)CC1C3. The molecule has 0 saturated heterocycles. The lowest BCUT2D eigenvalue weighted by Gasteiger charge is -2.54. The van der Waals surface area contributed by atoms with Crippen molar-refractivity contribution in [3.8, 4) is 0 Å². The van der Waals surface area contributed by atoms with E-state index in [1.165, 1.54) is 32.1 Å². The second kappa shape index (κ2) is 5.57. The highest BCUT2D eigenvalue weighted by Crippen LogP contribution is 2.55. The number of carbonyl (C=O) groups is 1. The molecule has 6 aliphatic rings. The number of aliphatic hydroxyl groups excluding tert-OH is 1. The molecule has 0 spiro atoms. The van der Waals surface area contributed by atoms with Crippen molar-refractivity contribution in [1.82, 2.24) is 0 Å². The zero-order valence-electron chi connectivity index (χ0n) is 14.3. The van der Waals surface area contributed by atoms with Crippen molar-refractivity contribution in [2.24, 2.45) is 41.4 Å². The molecule has 6 rings (SSSR count). The van der Waals surface area contributed by atoms with Gasteiger partial charge >= 0.3 is 5.97 Å². The summed E-state index contributed by atoms with van der Waals surface area (Å²) in [7, 11) is 0. The zero-order chi connectivity index (χ0) is 16.4. The maximum atomic E-state index is 12.5. The van der Waals surface area contributed by atoms with Gasteiger partial charge in [0, 0.05) is 11.8 Å². The first-order valence-electron chi connectivity index (χ1n) is 9.81. The second-order valence-electron chi connectivity index (χ2n) is 8.99. The van der Waals surface area contributed by atoms with Crippen molar-refractivity contribution in [3.05, 3.63) is 12.2 Å². The van der Waals surface area contributed by atoms with Gasteiger partial charge in [-0.3, -0.25) is 4.79 Å². The van der Waals surface area contributed by atoms with Crippen LogP contribution in [0.2, 0.25) is 0 Å². The van der Waals surface area contributed by atoms with Crippen LogP contribution in [0, 0.1) is 41.4 Å². The molecule has 4 nitrogen and oxygen atoms in total. The minimum Gasteiger partial charge on any atom is -0.436 e. The Morgan fingerprint density at radius 3 is 2.25 bits per heavy atom. The Hall–Kier alpha value is -0.870. The summed E-state index contributed by atoms with van der Waals surface area (Å²) in [6, 6.07) is 0. The highest BCUT2D eigenvalue weighted by molar-refractivity contribution is 5.74. The number of esters is 1. The number of hydrogen-bond donors (Lipinski definition) is 1. The van der Waals surface area contributed by atoms with Gasteiger partial charge in [-0.2, -0.15) is 0 Å². The molecular weight excluding hydrogens is 304 g/mol. The summed E-state index contributed by atoms with van der Waals surface area (Å²) >= 11 is 0. The van der Waals surface area contributed by atoms with E-state index in [1.807, 2.05) is 19.1 Å². The Morgan fingerprint density at radius 2 is 1.71 bits per heavy atom. The summed E-state index contributed by atoms with van der Waals surface area (Å²) < 4.78 is 11.9. The number of fused-ring (bicyclic) bond motifs is 2. The summed E-state index contributed by atoms with van der Waals surface area (Å²) in [4.78, 5) is 12.5. The average Bonchev–Trinajstić information content (AvgIpc) is 3.05. The Bertz CT molecular complexity index is 528. The molecule has 6 bridgehead atoms. The molecule has 132 valence electrons. The van der Waals surface area contributed by atoms with Gasteiger partial charge in [-0.1, -0.05) is 12.2 Å². The van der Waals surface area contributed by atoms with Crippen LogP contribution in [0.15, 0.2) is 12.2 Å². The van der Waals surface area contributed by atoms with E-state index in [1.54, 1.807) is 0 Å². The standard InChI is InChI=1S/C20H28O4/c1-10(24-20(22)17-9-13-2-3-16(17)18(13)21)23-19-14-5-11-4-12(7-14)8-15(19)6-11/h2-3,10-19,21H,4-9H2,1H3. The molecule has 6 aliphatic carbocycles. The van der Waals surface area contributed by atoms with Crippen LogP contribution in [0.4, 0.5) is 0 Å². The van der Waals surface area contributed by atoms with Crippen molar-refractivity contribution in [1.29, 1.82) is 0 Å². The molecule has 5 atom stereocenters. The summed E-state index contributed by atoms with van der Waals surface area (Å²) in [6.07, 6.45) is 10.8. The molecule has 0 aromatic heterocycles. The molecule has 1 N–H and O–H groups in total. The minimum atomic E-state index is -0.472. The van der Waals surface area contributed by atoms with Crippen LogP contribution in [-0.2, 0) is 14.3 Å². The van der Waals surface area contributed by atoms with Crippen molar-refractivity contribution in [3.63, 3.8) is 0 Å². The van der Waals surface area contributed by atoms with E-state index in [-0.39, 0.29) is 29.8 Å². The van der Waals surface area contributed by atoms with Gasteiger partial charge in [-0.25, -0.2) is 0 Å². The number of hydrogen-bond acceptors (Lipinski definition) is 4. The summed E-state index contributed by atoms with van der Waals surface area (Å²) in [5.41, 5.74) is 0. The fraction of sp³-hybridized carbons (Fsp3) is 0.850. The zero-order valence-corrected chi connectivity index (χ0v) is 14.3. The normalized spacial score (nSPS) is 52.0. The third-order valence-corrected chi connectivity index (χ3v) is 7.48. The first kappa shape index (κ1) is 15.4. The van der Waals surface area contributed by atoms with E-state index in [0.717, 1.165) is 11.8 Å². The second-order valence-corrected chi connectivity index (χ2v) is 8.99. The van der Waals surface area contributed by atoms with Gasteiger partial charge in [-0.05, 0) is 69.1 Å². The van der Waals surface area contributed by atoms with E-state index in [2.05, 4.69) is 0 Å². The molecule has 0 heterocycles. The van der Waals surface area contributed by atoms with Crippen LogP contribution in [0.25, 0.3) is 0 Å². The molecule has 0 aromatic carbocycles. The first-order valence-corrected chi connectivity index (χ1v) is 9.81. The Balaban J connectivity index is 1.19. The predicted molar refractivity (Wildman–Crippen MR) is 87.7 cm³/mol. The van der Waals surface area contributed by atoms with Crippen molar-refractivity contribution >= 4 is 5.97 Å². The van der Waals surface area contributed by atoms with Gasteiger partial charge in [0.2, 0.25) is 0 Å². The van der Waals surface area contributed by atoms with Gasteiger partial charge in [0.15, 0.2) is 6.29 Å². The Labute approximate surface area is 143 Å². The van der Waals surface area contributed by atoms with Crippen molar-refractivity contribution in [2.75, 3.05) is 0 Å². The molecule has 5 saturated carbocycles. The maximum absolute atomic E-state index is 12.5. The van der Waals surface area contributed by atoms with E-state index >= 15 is 0 Å². The van der Waals surface area contributed by atoms with E-state index in [0.29, 0.717) is 18.3 Å². The highest BCUT2D eigenvalue weighted by Gasteiger charge is 2.50. The Kier molecular flexibility index (Phi) is 3.57. The van der Waals surface area contributed by atoms with Crippen molar-refractivity contribution < 1.29 is 19.4 Å². The first-order chi connectivity index (χ1) is 11.6. The van der Waals surface area contributed by atoms with Crippen LogP contribution in [-0.4, -0.2) is 29.6 Å². The van der Waals surface area contributed by atoms with Crippen LogP contribution in [0.1, 0.15) is 45.4 Å². The van der Waals surface area contributed by atoms with Crippen LogP contribution < -0.4 is 0 Å². The van der Waals surface area contributed by atoms with Gasteiger partial charge in [0.25, 0.3) is 0 Å². The van der Waals surface area contributed by atoms with Gasteiger partial charge < -0.3 is 14.6 Å². The molecule has 0 aliphatic heterocycles. The van der Waals surface area contributed by atoms with Gasteiger partial charge in [-0.15, -0.1) is 0 Å². The smallest absolute Gasteiger partial charge is 0.311 e. The number of carbonyl (C=O) groups excluding carboxylic acids is 1. The lowest BCUT2D eigenvalue weighted by atomic mass is 9.55. The van der Waals surface area contributed by atoms with Crippen LogP contribution >= 0.6 is 0 Å². The maximum Gasteiger partial charge on any atom is 0.311 e. The minimum absolute atomic E-state index is 0.0594. The monoisotopic (exact) mass is 332 g/mol. The number of ether oxygens (including phenoxy) is 2. The fourth-order valence-corrected chi connectivity index (χ4v) is 6.68. The van der Waals surface area contributed by atoms with E-state index < -0.39 is 12.4 Å². The number of rotatable bonds is 4. The van der Waals surface area contributed by atoms with Gasteiger partial charge in [0.05, 0.1) is 18.1 Å². The molecule has 0 radical (unpaired) electrons. The van der Waals surface area contributed by atoms with E-state index in [9.17, 15) is 9.90 Å². The van der Waals surface area contributed by atoms with Crippen molar-refractivity contribution in [2.45, 2.75) is 63.9 Å². The summed E-state index contributed by atoms with van der Waals surface area (Å²) in [5.74, 6) is 2.88. The number of aliphatic hydroxyl groups is 1. The van der Waals surface area contributed by atoms with Crippen LogP contribution in [0.3, 0.4) is 0 Å². The predicted octanol–water partition coefficient (Wildman–Crippen LogP) is 2.90.